The Kier molecular flexibility index (Phi) is 5.57. The van der Waals surface area contributed by atoms with E-state index in [0.717, 1.165) is 0 Å². The van der Waals surface area contributed by atoms with E-state index in [4.69, 9.17) is 0 Å². The molecule has 0 radical (unpaired) electrons. The van der Waals surface area contributed by atoms with E-state index in [1.165, 1.54) is 36.4 Å². The second-order valence-electron chi connectivity index (χ2n) is 7.07. The van der Waals surface area contributed by atoms with Crippen LogP contribution >= 0.6 is 0 Å². The lowest BCUT2D eigenvalue weighted by atomic mass is 10.0. The Balaban J connectivity index is 2.09. The molecule has 0 aromatic heterocycles. The molecule has 0 saturated heterocycles. The van der Waals surface area contributed by atoms with Gasteiger partial charge in [0.2, 0.25) is 0 Å². The van der Waals surface area contributed by atoms with Gasteiger partial charge >= 0.3 is 5.97 Å². The average Bonchev–Trinajstić information content (AvgIpc) is 2.75. The summed E-state index contributed by atoms with van der Waals surface area (Å²) >= 11 is 0. The van der Waals surface area contributed by atoms with Crippen molar-refractivity contribution >= 4 is 59.1 Å². The molecule has 4 aromatic carbocycles. The molecule has 4 N–H and O–H groups in total. The van der Waals surface area contributed by atoms with Gasteiger partial charge in [-0.25, -0.2) is 4.79 Å². The predicted octanol–water partition coefficient (Wildman–Crippen LogP) is 4.31. The topological polar surface area (TPSA) is 191 Å². The van der Waals surface area contributed by atoms with E-state index in [9.17, 15) is 40.9 Å². The van der Waals surface area contributed by atoms with Gasteiger partial charge in [-0.15, -0.1) is 10.2 Å². The Morgan fingerprint density at radius 1 is 0.765 bits per heavy atom. The fraction of sp³-hybridized carbons (Fsp3) is 0. The molecule has 0 bridgehead atoms. The molecule has 0 fully saturated rings. The lowest BCUT2D eigenvalue weighted by Gasteiger charge is -2.11. The summed E-state index contributed by atoms with van der Waals surface area (Å²) in [4.78, 5) is 10.0. The normalized spacial score (nSPS) is 12.5. The van der Waals surface area contributed by atoms with Gasteiger partial charge in [0, 0.05) is 16.2 Å². The number of aromatic carboxylic acids is 1. The molecule has 13 heteroatoms. The van der Waals surface area contributed by atoms with Crippen LogP contribution in [-0.4, -0.2) is 42.1 Å². The molecule has 0 aliphatic carbocycles. The van der Waals surface area contributed by atoms with Crippen LogP contribution in [0.4, 0.5) is 11.4 Å². The molecule has 0 aliphatic rings. The number of rotatable bonds is 5. The summed E-state index contributed by atoms with van der Waals surface area (Å²) in [6.07, 6.45) is 0. The number of carboxylic acids is 1. The van der Waals surface area contributed by atoms with E-state index >= 15 is 0 Å². The fourth-order valence-electron chi connectivity index (χ4n) is 3.55. The highest BCUT2D eigenvalue weighted by Gasteiger charge is 2.26. The summed E-state index contributed by atoms with van der Waals surface area (Å²) < 4.78 is 67.7. The number of benzene rings is 4. The third kappa shape index (κ3) is 4.08. The molecule has 174 valence electrons. The summed E-state index contributed by atoms with van der Waals surface area (Å²) in [5, 5.41) is 27.6. The number of nitrogens with zero attached hydrogens (tertiary/aromatic N) is 2. The maximum absolute atomic E-state index is 12.2. The van der Waals surface area contributed by atoms with Crippen LogP contribution in [0, 0.1) is 0 Å². The minimum absolute atomic E-state index is 0.197. The minimum Gasteiger partial charge on any atom is -0.505 e. The first-order valence-corrected chi connectivity index (χ1v) is 12.2. The quantitative estimate of drug-likeness (QED) is 0.227. The van der Waals surface area contributed by atoms with Gasteiger partial charge in [0.25, 0.3) is 20.2 Å². The van der Waals surface area contributed by atoms with Gasteiger partial charge in [-0.2, -0.15) is 16.8 Å². The second-order valence-corrected chi connectivity index (χ2v) is 9.81. The Morgan fingerprint density at radius 2 is 1.35 bits per heavy atom. The van der Waals surface area contributed by atoms with E-state index in [-0.39, 0.29) is 21.8 Å². The number of phenols is 1. The van der Waals surface area contributed by atoms with Crippen molar-refractivity contribution in [2.75, 3.05) is 0 Å². The Morgan fingerprint density at radius 3 is 1.94 bits per heavy atom. The van der Waals surface area contributed by atoms with Crippen LogP contribution in [0.1, 0.15) is 10.4 Å². The van der Waals surface area contributed by atoms with Crippen molar-refractivity contribution in [3.8, 4) is 5.75 Å². The number of azo groups is 1. The van der Waals surface area contributed by atoms with Crippen LogP contribution in [0.2, 0.25) is 0 Å². The summed E-state index contributed by atoms with van der Waals surface area (Å²) in [7, 11) is -9.85. The number of carboxylic acid groups (broad SMARTS) is 1. The molecule has 34 heavy (non-hydrogen) atoms. The standard InChI is InChI=1S/C21H14N2O9S2/c24-19-15(21(25)26)9-11-5-1-2-6-12(11)18(19)23-22-16-10-17(33(27,28)29)13-7-3-4-8-14(13)20(16)34(30,31)32/h1-10,24H,(H,25,26)(H,27,28,29)(H,30,31,32). The summed E-state index contributed by atoms with van der Waals surface area (Å²) in [6.45, 7) is 0. The zero-order valence-electron chi connectivity index (χ0n) is 16.8. The molecular formula is C21H14N2O9S2. The monoisotopic (exact) mass is 502 g/mol. The second kappa shape index (κ2) is 8.14. The van der Waals surface area contributed by atoms with Gasteiger partial charge < -0.3 is 10.2 Å². The van der Waals surface area contributed by atoms with Crippen molar-refractivity contribution in [2.45, 2.75) is 9.79 Å². The first-order chi connectivity index (χ1) is 15.9. The largest absolute Gasteiger partial charge is 0.505 e. The van der Waals surface area contributed by atoms with E-state index in [1.807, 2.05) is 0 Å². The van der Waals surface area contributed by atoms with E-state index in [1.54, 1.807) is 18.2 Å². The molecule has 0 spiro atoms. The van der Waals surface area contributed by atoms with Gasteiger partial charge in [0.1, 0.15) is 26.7 Å². The van der Waals surface area contributed by atoms with Gasteiger partial charge in [-0.05, 0) is 17.5 Å². The van der Waals surface area contributed by atoms with Crippen molar-refractivity contribution in [1.29, 1.82) is 0 Å². The summed E-state index contributed by atoms with van der Waals surface area (Å²) in [5.74, 6) is -2.23. The van der Waals surface area contributed by atoms with Crippen LogP contribution in [0.5, 0.6) is 5.75 Å². The van der Waals surface area contributed by atoms with Crippen LogP contribution in [-0.2, 0) is 20.2 Å². The minimum atomic E-state index is -4.99. The van der Waals surface area contributed by atoms with Crippen LogP contribution in [0.3, 0.4) is 0 Å². The van der Waals surface area contributed by atoms with Crippen molar-refractivity contribution in [3.05, 3.63) is 66.2 Å². The maximum atomic E-state index is 12.2. The number of hydrogen-bond acceptors (Lipinski definition) is 8. The first-order valence-electron chi connectivity index (χ1n) is 9.30. The molecule has 0 atom stereocenters. The Hall–Kier alpha value is -3.91. The zero-order chi connectivity index (χ0) is 24.8. The molecule has 0 amide bonds. The highest BCUT2D eigenvalue weighted by Crippen LogP contribution is 2.41. The lowest BCUT2D eigenvalue weighted by molar-refractivity contribution is 0.0694. The van der Waals surface area contributed by atoms with E-state index in [0.29, 0.717) is 11.5 Å². The molecule has 4 rings (SSSR count). The lowest BCUT2D eigenvalue weighted by Crippen LogP contribution is -2.04. The van der Waals surface area contributed by atoms with Gasteiger partial charge in [-0.3, -0.25) is 9.11 Å². The Labute approximate surface area is 192 Å². The summed E-state index contributed by atoms with van der Waals surface area (Å²) in [6, 6.07) is 13.4. The molecule has 11 nitrogen and oxygen atoms in total. The van der Waals surface area contributed by atoms with Crippen molar-refractivity contribution < 1.29 is 40.9 Å². The summed E-state index contributed by atoms with van der Waals surface area (Å²) in [5.41, 5.74) is -1.50. The highest BCUT2D eigenvalue weighted by atomic mass is 32.2. The average molecular weight is 502 g/mol. The van der Waals surface area contributed by atoms with Gasteiger partial charge in [0.05, 0.1) is 0 Å². The fourth-order valence-corrected chi connectivity index (χ4v) is 5.08. The number of fused-ring (bicyclic) bond motifs is 2. The number of carbonyl (C=O) groups is 1. The third-order valence-electron chi connectivity index (χ3n) is 4.96. The molecular weight excluding hydrogens is 488 g/mol. The molecule has 4 aromatic rings. The van der Waals surface area contributed by atoms with Crippen molar-refractivity contribution in [1.82, 2.24) is 0 Å². The van der Waals surface area contributed by atoms with Crippen molar-refractivity contribution in [2.24, 2.45) is 10.2 Å². The highest BCUT2D eigenvalue weighted by molar-refractivity contribution is 7.86. The van der Waals surface area contributed by atoms with Gasteiger partial charge in [-0.1, -0.05) is 48.5 Å². The zero-order valence-corrected chi connectivity index (χ0v) is 18.4. The van der Waals surface area contributed by atoms with Crippen LogP contribution < -0.4 is 0 Å². The molecule has 0 aliphatic heterocycles. The number of hydrogen-bond donors (Lipinski definition) is 4. The Bertz CT molecular complexity index is 1750. The number of aromatic hydroxyl groups is 1. The smallest absolute Gasteiger partial charge is 0.339 e. The predicted molar refractivity (Wildman–Crippen MR) is 120 cm³/mol. The van der Waals surface area contributed by atoms with E-state index < -0.39 is 53.0 Å². The third-order valence-corrected chi connectivity index (χ3v) is 6.80. The molecule has 0 heterocycles. The van der Waals surface area contributed by atoms with E-state index in [2.05, 4.69) is 10.2 Å². The maximum Gasteiger partial charge on any atom is 0.339 e. The molecule has 0 saturated carbocycles. The van der Waals surface area contributed by atoms with Crippen LogP contribution in [0.25, 0.3) is 21.5 Å². The SMILES string of the molecule is O=C(O)c1cc2ccccc2c(N=Nc2cc(S(=O)(=O)O)c3ccccc3c2S(=O)(=O)O)c1O. The molecule has 0 unspecified atom stereocenters. The first kappa shape index (κ1) is 23.3. The van der Waals surface area contributed by atoms with Crippen LogP contribution in [0.15, 0.2) is 80.7 Å². The van der Waals surface area contributed by atoms with Gasteiger partial charge in [0.15, 0.2) is 5.75 Å². The van der Waals surface area contributed by atoms with Crippen molar-refractivity contribution in [3.63, 3.8) is 0 Å².